The van der Waals surface area contributed by atoms with Crippen LogP contribution >= 0.6 is 23.2 Å². The molecule has 1 heterocycles. The van der Waals surface area contributed by atoms with Gasteiger partial charge in [-0.3, -0.25) is 14.5 Å². The van der Waals surface area contributed by atoms with Gasteiger partial charge in [-0.2, -0.15) is 0 Å². The van der Waals surface area contributed by atoms with E-state index in [-0.39, 0.29) is 21.7 Å². The Hall–Kier alpha value is -3.35. The summed E-state index contributed by atoms with van der Waals surface area (Å²) in [7, 11) is 0. The molecular formula is C23H15Cl2FN2O3. The van der Waals surface area contributed by atoms with Crippen molar-refractivity contribution in [3.8, 4) is 0 Å². The van der Waals surface area contributed by atoms with Gasteiger partial charge in [-0.25, -0.2) is 4.39 Å². The Bertz CT molecular complexity index is 1260. The summed E-state index contributed by atoms with van der Waals surface area (Å²) in [4.78, 5) is 27.6. The van der Waals surface area contributed by atoms with Crippen LogP contribution in [0.2, 0.25) is 10.0 Å². The minimum absolute atomic E-state index is 0.112. The maximum absolute atomic E-state index is 14.3. The summed E-state index contributed by atoms with van der Waals surface area (Å²) in [6.07, 6.45) is 0. The maximum Gasteiger partial charge on any atom is 0.294 e. The lowest BCUT2D eigenvalue weighted by molar-refractivity contribution is -0.117. The number of benzene rings is 3. The van der Waals surface area contributed by atoms with Crippen LogP contribution in [-0.4, -0.2) is 16.8 Å². The van der Waals surface area contributed by atoms with Crippen molar-refractivity contribution >= 4 is 46.3 Å². The quantitative estimate of drug-likeness (QED) is 0.401. The smallest absolute Gasteiger partial charge is 0.294 e. The largest absolute Gasteiger partial charge is 0.503 e. The average molecular weight is 457 g/mol. The number of amides is 1. The van der Waals surface area contributed by atoms with Crippen LogP contribution in [0.5, 0.6) is 0 Å². The van der Waals surface area contributed by atoms with Gasteiger partial charge < -0.3 is 10.8 Å². The third-order valence-corrected chi connectivity index (χ3v) is 5.49. The SMILES string of the molecule is Nc1cccc(C(=O)C2=C(O)C(=O)N(c3cccc(Cl)c3)C2c2ccc(Cl)c(F)c2)c1. The third kappa shape index (κ3) is 3.76. The lowest BCUT2D eigenvalue weighted by Gasteiger charge is -2.27. The normalized spacial score (nSPS) is 16.2. The highest BCUT2D eigenvalue weighted by Crippen LogP contribution is 2.43. The first-order chi connectivity index (χ1) is 14.8. The number of rotatable bonds is 4. The number of Topliss-reactive ketones (excluding diaryl/α,β-unsaturated/α-hetero) is 1. The highest BCUT2D eigenvalue weighted by Gasteiger charge is 2.44. The molecule has 3 aromatic rings. The Balaban J connectivity index is 1.91. The van der Waals surface area contributed by atoms with E-state index in [1.54, 1.807) is 30.3 Å². The molecule has 0 spiro atoms. The first-order valence-electron chi connectivity index (χ1n) is 9.15. The fourth-order valence-corrected chi connectivity index (χ4v) is 3.86. The Morgan fingerprint density at radius 1 is 1.03 bits per heavy atom. The third-order valence-electron chi connectivity index (χ3n) is 4.95. The summed E-state index contributed by atoms with van der Waals surface area (Å²) >= 11 is 11.9. The molecule has 1 atom stereocenters. The predicted molar refractivity (Wildman–Crippen MR) is 118 cm³/mol. The van der Waals surface area contributed by atoms with Crippen molar-refractivity contribution in [1.82, 2.24) is 0 Å². The number of nitrogens with zero attached hydrogens (tertiary/aromatic N) is 1. The van der Waals surface area contributed by atoms with Crippen LogP contribution < -0.4 is 10.6 Å². The van der Waals surface area contributed by atoms with E-state index in [1.165, 1.54) is 35.2 Å². The number of aliphatic hydroxyl groups excluding tert-OH is 1. The highest BCUT2D eigenvalue weighted by molar-refractivity contribution is 6.31. The summed E-state index contributed by atoms with van der Waals surface area (Å²) in [5.74, 6) is -2.87. The van der Waals surface area contributed by atoms with Gasteiger partial charge in [0.05, 0.1) is 16.6 Å². The zero-order valence-corrected chi connectivity index (χ0v) is 17.4. The van der Waals surface area contributed by atoms with Crippen LogP contribution in [0.3, 0.4) is 0 Å². The van der Waals surface area contributed by atoms with Crippen molar-refractivity contribution in [2.45, 2.75) is 6.04 Å². The minimum Gasteiger partial charge on any atom is -0.503 e. The molecule has 0 radical (unpaired) electrons. The molecule has 1 amide bonds. The summed E-state index contributed by atoms with van der Waals surface area (Å²) in [5, 5.41) is 10.9. The molecule has 1 unspecified atom stereocenters. The van der Waals surface area contributed by atoms with Crippen LogP contribution in [0.15, 0.2) is 78.1 Å². The van der Waals surface area contributed by atoms with Gasteiger partial charge >= 0.3 is 0 Å². The second-order valence-electron chi connectivity index (χ2n) is 6.95. The number of hydrogen-bond acceptors (Lipinski definition) is 4. The number of carbonyl (C=O) groups excluding carboxylic acids is 2. The molecule has 0 aromatic heterocycles. The molecular weight excluding hydrogens is 442 g/mol. The summed E-state index contributed by atoms with van der Waals surface area (Å²) in [6, 6.07) is 15.3. The summed E-state index contributed by atoms with van der Waals surface area (Å²) in [5.41, 5.74) is 6.71. The van der Waals surface area contributed by atoms with Gasteiger partial charge in [-0.1, -0.05) is 47.5 Å². The van der Waals surface area contributed by atoms with Crippen molar-refractivity contribution in [2.24, 2.45) is 0 Å². The lowest BCUT2D eigenvalue weighted by Crippen LogP contribution is -2.31. The van der Waals surface area contributed by atoms with Crippen molar-refractivity contribution < 1.29 is 19.1 Å². The zero-order valence-electron chi connectivity index (χ0n) is 15.9. The van der Waals surface area contributed by atoms with Gasteiger partial charge in [0.1, 0.15) is 5.82 Å². The van der Waals surface area contributed by atoms with Crippen molar-refractivity contribution in [1.29, 1.82) is 0 Å². The van der Waals surface area contributed by atoms with E-state index in [2.05, 4.69) is 0 Å². The van der Waals surface area contributed by atoms with Crippen molar-refractivity contribution in [3.63, 3.8) is 0 Å². The molecule has 3 N–H and O–H groups in total. The number of carbonyl (C=O) groups is 2. The number of hydrogen-bond donors (Lipinski definition) is 2. The number of aliphatic hydroxyl groups is 1. The molecule has 5 nitrogen and oxygen atoms in total. The van der Waals surface area contributed by atoms with E-state index >= 15 is 0 Å². The van der Waals surface area contributed by atoms with Crippen molar-refractivity contribution in [2.75, 3.05) is 10.6 Å². The molecule has 0 aliphatic carbocycles. The summed E-state index contributed by atoms with van der Waals surface area (Å²) < 4.78 is 14.3. The number of nitrogens with two attached hydrogens (primary N) is 1. The first kappa shape index (κ1) is 20.9. The molecule has 0 fully saturated rings. The van der Waals surface area contributed by atoms with Gasteiger partial charge in [0.15, 0.2) is 11.5 Å². The molecule has 4 rings (SSSR count). The molecule has 8 heteroatoms. The van der Waals surface area contributed by atoms with Gasteiger partial charge in [-0.05, 0) is 48.0 Å². The number of halogens is 3. The standard InChI is InChI=1S/C23H15Cl2FN2O3/c24-14-4-2-6-16(11-14)28-20(12-7-8-17(25)18(26)10-12)19(22(30)23(28)31)21(29)13-3-1-5-15(27)9-13/h1-11,20,30H,27H2. The zero-order chi connectivity index (χ0) is 22.3. The molecule has 0 saturated carbocycles. The number of ketones is 1. The fraction of sp³-hybridized carbons (Fsp3) is 0.0435. The van der Waals surface area contributed by atoms with Gasteiger partial charge in [0.25, 0.3) is 5.91 Å². The van der Waals surface area contributed by atoms with Crippen LogP contribution in [0, 0.1) is 5.82 Å². The van der Waals surface area contributed by atoms with Crippen LogP contribution in [0.4, 0.5) is 15.8 Å². The Labute approximate surface area is 187 Å². The van der Waals surface area contributed by atoms with Crippen LogP contribution in [0.1, 0.15) is 22.0 Å². The first-order valence-corrected chi connectivity index (χ1v) is 9.91. The molecule has 3 aromatic carbocycles. The molecule has 0 bridgehead atoms. The van der Waals surface area contributed by atoms with E-state index in [0.29, 0.717) is 16.4 Å². The second kappa shape index (κ2) is 8.06. The Kier molecular flexibility index (Phi) is 5.43. The average Bonchev–Trinajstić information content (AvgIpc) is 3.00. The van der Waals surface area contributed by atoms with Gasteiger partial charge in [0, 0.05) is 22.0 Å². The van der Waals surface area contributed by atoms with E-state index < -0.39 is 29.3 Å². The topological polar surface area (TPSA) is 83.6 Å². The molecule has 156 valence electrons. The minimum atomic E-state index is -1.10. The van der Waals surface area contributed by atoms with E-state index in [1.807, 2.05) is 0 Å². The molecule has 1 aliphatic heterocycles. The van der Waals surface area contributed by atoms with Crippen molar-refractivity contribution in [3.05, 3.63) is 105 Å². The second-order valence-corrected chi connectivity index (χ2v) is 7.79. The Morgan fingerprint density at radius 3 is 2.45 bits per heavy atom. The highest BCUT2D eigenvalue weighted by atomic mass is 35.5. The van der Waals surface area contributed by atoms with Gasteiger partial charge in [0.2, 0.25) is 0 Å². The van der Waals surface area contributed by atoms with Crippen LogP contribution in [0.25, 0.3) is 0 Å². The van der Waals surface area contributed by atoms with E-state index in [9.17, 15) is 19.1 Å². The maximum atomic E-state index is 14.3. The molecule has 0 saturated heterocycles. The van der Waals surface area contributed by atoms with E-state index in [4.69, 9.17) is 28.9 Å². The lowest BCUT2D eigenvalue weighted by atomic mass is 9.92. The molecule has 1 aliphatic rings. The number of anilines is 2. The van der Waals surface area contributed by atoms with Gasteiger partial charge in [-0.15, -0.1) is 0 Å². The van der Waals surface area contributed by atoms with E-state index in [0.717, 1.165) is 6.07 Å². The van der Waals surface area contributed by atoms with Crippen LogP contribution in [-0.2, 0) is 4.79 Å². The predicted octanol–water partition coefficient (Wildman–Crippen LogP) is 5.50. The monoisotopic (exact) mass is 456 g/mol. The molecule has 31 heavy (non-hydrogen) atoms. The fourth-order valence-electron chi connectivity index (χ4n) is 3.56. The Morgan fingerprint density at radius 2 is 1.77 bits per heavy atom. The number of nitrogen functional groups attached to an aromatic ring is 1. The summed E-state index contributed by atoms with van der Waals surface area (Å²) in [6.45, 7) is 0.